The van der Waals surface area contributed by atoms with Gasteiger partial charge in [0.2, 0.25) is 0 Å². The first-order chi connectivity index (χ1) is 15.3. The first-order valence-electron chi connectivity index (χ1n) is 10.9. The Hall–Kier alpha value is -2.80. The summed E-state index contributed by atoms with van der Waals surface area (Å²) in [6, 6.07) is 33.9. The second kappa shape index (κ2) is 9.14. The fraction of sp³-hybridized carbons (Fsp3) is 0.179. The van der Waals surface area contributed by atoms with Crippen molar-refractivity contribution < 1.29 is 4.52 Å². The summed E-state index contributed by atoms with van der Waals surface area (Å²) in [4.78, 5) is 5.15. The van der Waals surface area contributed by atoms with Crippen molar-refractivity contribution in [2.24, 2.45) is 0 Å². The molecule has 0 amide bonds. The van der Waals surface area contributed by atoms with E-state index in [9.17, 15) is 0 Å². The highest BCUT2D eigenvalue weighted by atomic mass is 31.1. The number of aryl methyl sites for hydroxylation is 1. The molecule has 31 heavy (non-hydrogen) atoms. The lowest BCUT2D eigenvalue weighted by Crippen LogP contribution is -2.20. The van der Waals surface area contributed by atoms with Crippen LogP contribution in [0.25, 0.3) is 11.3 Å². The molecule has 1 aliphatic rings. The number of aromatic nitrogens is 1. The Bertz CT molecular complexity index is 1110. The number of nitrogens with zero attached hydrogens (tertiary/aromatic N) is 1. The summed E-state index contributed by atoms with van der Waals surface area (Å²) in [5.41, 5.74) is 6.01. The predicted molar refractivity (Wildman–Crippen MR) is 130 cm³/mol. The second-order valence-electron chi connectivity index (χ2n) is 8.01. The van der Waals surface area contributed by atoms with Crippen molar-refractivity contribution in [3.8, 4) is 11.3 Å². The molecule has 4 aromatic rings. The monoisotopic (exact) mass is 423 g/mol. The smallest absolute Gasteiger partial charge is 0.105 e. The SMILES string of the molecule is Cc1cc(-c2ccccc2)nc2c1CCC[C@H]2OP(c1ccccc1)c1ccccc1. The Kier molecular flexibility index (Phi) is 5.93. The maximum Gasteiger partial charge on any atom is 0.105 e. The molecule has 0 bridgehead atoms. The van der Waals surface area contributed by atoms with Gasteiger partial charge in [0.15, 0.2) is 0 Å². The van der Waals surface area contributed by atoms with E-state index in [-0.39, 0.29) is 6.10 Å². The van der Waals surface area contributed by atoms with Gasteiger partial charge in [0.25, 0.3) is 0 Å². The Balaban J connectivity index is 1.55. The molecule has 5 rings (SSSR count). The molecule has 3 aromatic carbocycles. The largest absolute Gasteiger partial charge is 0.340 e. The van der Waals surface area contributed by atoms with E-state index in [2.05, 4.69) is 97.9 Å². The Morgan fingerprint density at radius 2 is 1.39 bits per heavy atom. The molecule has 0 N–H and O–H groups in total. The number of fused-ring (bicyclic) bond motifs is 1. The molecule has 0 aliphatic heterocycles. The van der Waals surface area contributed by atoms with Crippen LogP contribution in [0, 0.1) is 6.92 Å². The van der Waals surface area contributed by atoms with Gasteiger partial charge in [-0.15, -0.1) is 0 Å². The fourth-order valence-electron chi connectivity index (χ4n) is 4.30. The standard InChI is InChI=1S/C28H26NOP/c1-21-20-26(22-12-5-2-6-13-22)29-28-25(21)18-11-19-27(28)30-31(23-14-7-3-8-15-23)24-16-9-4-10-17-24/h2-10,12-17,20,27H,11,18-19H2,1H3/t27-/m1/s1. The molecule has 3 heteroatoms. The van der Waals surface area contributed by atoms with Crippen molar-refractivity contribution in [3.63, 3.8) is 0 Å². The highest BCUT2D eigenvalue weighted by Gasteiger charge is 2.29. The van der Waals surface area contributed by atoms with E-state index >= 15 is 0 Å². The van der Waals surface area contributed by atoms with Crippen molar-refractivity contribution in [1.29, 1.82) is 0 Å². The van der Waals surface area contributed by atoms with Crippen molar-refractivity contribution in [1.82, 2.24) is 4.98 Å². The summed E-state index contributed by atoms with van der Waals surface area (Å²) in [6.45, 7) is 2.21. The third-order valence-electron chi connectivity index (χ3n) is 5.86. The second-order valence-corrected chi connectivity index (χ2v) is 9.84. The Labute approximate surface area is 185 Å². The summed E-state index contributed by atoms with van der Waals surface area (Å²) < 4.78 is 6.94. The minimum Gasteiger partial charge on any atom is -0.340 e. The van der Waals surface area contributed by atoms with Crippen LogP contribution in [0.1, 0.15) is 35.8 Å². The topological polar surface area (TPSA) is 22.1 Å². The van der Waals surface area contributed by atoms with Gasteiger partial charge in [-0.1, -0.05) is 91.0 Å². The van der Waals surface area contributed by atoms with E-state index in [4.69, 9.17) is 9.51 Å². The third kappa shape index (κ3) is 4.32. The van der Waals surface area contributed by atoms with Crippen molar-refractivity contribution >= 4 is 18.8 Å². The molecule has 2 nitrogen and oxygen atoms in total. The highest BCUT2D eigenvalue weighted by Crippen LogP contribution is 2.45. The number of pyridine rings is 1. The molecule has 1 atom stereocenters. The minimum atomic E-state index is -0.912. The molecule has 1 heterocycles. The zero-order chi connectivity index (χ0) is 21.0. The summed E-state index contributed by atoms with van der Waals surface area (Å²) in [5.74, 6) is 0. The number of hydrogen-bond acceptors (Lipinski definition) is 2. The molecule has 0 saturated heterocycles. The zero-order valence-electron chi connectivity index (χ0n) is 17.7. The van der Waals surface area contributed by atoms with Crippen LogP contribution in [-0.2, 0) is 10.9 Å². The Morgan fingerprint density at radius 3 is 2.00 bits per heavy atom. The van der Waals surface area contributed by atoms with E-state index in [1.165, 1.54) is 21.7 Å². The van der Waals surface area contributed by atoms with E-state index in [0.29, 0.717) is 0 Å². The molecule has 0 spiro atoms. The van der Waals surface area contributed by atoms with Crippen LogP contribution in [0.15, 0.2) is 97.1 Å². The normalized spacial score (nSPS) is 15.6. The van der Waals surface area contributed by atoms with Gasteiger partial charge in [0.05, 0.1) is 19.5 Å². The van der Waals surface area contributed by atoms with Gasteiger partial charge in [-0.3, -0.25) is 0 Å². The van der Waals surface area contributed by atoms with Gasteiger partial charge in [0, 0.05) is 16.2 Å². The van der Waals surface area contributed by atoms with E-state index < -0.39 is 8.15 Å². The van der Waals surface area contributed by atoms with Crippen LogP contribution >= 0.6 is 8.15 Å². The molecule has 0 fully saturated rings. The molecule has 1 aliphatic carbocycles. The van der Waals surface area contributed by atoms with Crippen LogP contribution in [0.3, 0.4) is 0 Å². The minimum absolute atomic E-state index is 0.0117. The lowest BCUT2D eigenvalue weighted by molar-refractivity contribution is 0.205. The lowest BCUT2D eigenvalue weighted by atomic mass is 9.90. The number of benzene rings is 3. The van der Waals surface area contributed by atoms with Gasteiger partial charge in [-0.2, -0.15) is 0 Å². The van der Waals surface area contributed by atoms with Crippen LogP contribution in [0.2, 0.25) is 0 Å². The molecule has 1 aromatic heterocycles. The average Bonchev–Trinajstić information content (AvgIpc) is 2.84. The summed E-state index contributed by atoms with van der Waals surface area (Å²) in [6.07, 6.45) is 3.24. The van der Waals surface area contributed by atoms with Crippen LogP contribution < -0.4 is 10.6 Å². The maximum absolute atomic E-state index is 6.94. The predicted octanol–water partition coefficient (Wildman–Crippen LogP) is 6.50. The number of rotatable bonds is 5. The Morgan fingerprint density at radius 1 is 0.806 bits per heavy atom. The first kappa shape index (κ1) is 20.1. The van der Waals surface area contributed by atoms with Crippen molar-refractivity contribution in [3.05, 3.63) is 114 Å². The number of hydrogen-bond donors (Lipinski definition) is 0. The lowest BCUT2D eigenvalue weighted by Gasteiger charge is -2.30. The van der Waals surface area contributed by atoms with Gasteiger partial charge in [0.1, 0.15) is 6.10 Å². The third-order valence-corrected chi connectivity index (χ3v) is 7.86. The molecule has 0 saturated carbocycles. The molecular formula is C28H26NOP. The highest BCUT2D eigenvalue weighted by molar-refractivity contribution is 7.68. The van der Waals surface area contributed by atoms with Gasteiger partial charge < -0.3 is 4.52 Å². The molecule has 0 unspecified atom stereocenters. The summed E-state index contributed by atoms with van der Waals surface area (Å²) >= 11 is 0. The van der Waals surface area contributed by atoms with Crippen molar-refractivity contribution in [2.75, 3.05) is 0 Å². The molecule has 0 radical (unpaired) electrons. The fourth-order valence-corrected chi connectivity index (χ4v) is 6.19. The van der Waals surface area contributed by atoms with Gasteiger partial charge in [-0.25, -0.2) is 4.98 Å². The van der Waals surface area contributed by atoms with E-state index in [1.807, 2.05) is 6.07 Å². The summed E-state index contributed by atoms with van der Waals surface area (Å²) in [5, 5.41) is 2.48. The van der Waals surface area contributed by atoms with Crippen LogP contribution in [0.4, 0.5) is 0 Å². The zero-order valence-corrected chi connectivity index (χ0v) is 18.6. The summed E-state index contributed by atoms with van der Waals surface area (Å²) in [7, 11) is -0.912. The van der Waals surface area contributed by atoms with E-state index in [1.54, 1.807) is 0 Å². The van der Waals surface area contributed by atoms with Crippen LogP contribution in [0.5, 0.6) is 0 Å². The first-order valence-corrected chi connectivity index (χ1v) is 12.2. The molecule has 154 valence electrons. The van der Waals surface area contributed by atoms with E-state index in [0.717, 1.165) is 36.2 Å². The van der Waals surface area contributed by atoms with Crippen LogP contribution in [-0.4, -0.2) is 4.98 Å². The maximum atomic E-state index is 6.94. The average molecular weight is 423 g/mol. The van der Waals surface area contributed by atoms with Crippen molar-refractivity contribution in [2.45, 2.75) is 32.3 Å². The van der Waals surface area contributed by atoms with Gasteiger partial charge in [-0.05, 0) is 43.4 Å². The molecular weight excluding hydrogens is 397 g/mol. The quantitative estimate of drug-likeness (QED) is 0.342. The van der Waals surface area contributed by atoms with Gasteiger partial charge >= 0.3 is 0 Å².